The van der Waals surface area contributed by atoms with Gasteiger partial charge in [-0.1, -0.05) is 46.3 Å². The molecule has 0 spiro atoms. The van der Waals surface area contributed by atoms with Crippen molar-refractivity contribution < 1.29 is 4.79 Å². The molecule has 3 nitrogen and oxygen atoms in total. The molecule has 0 aliphatic rings. The van der Waals surface area contributed by atoms with Gasteiger partial charge in [0, 0.05) is 21.8 Å². The number of rotatable bonds is 4. The molecule has 0 atom stereocenters. The Labute approximate surface area is 157 Å². The lowest BCUT2D eigenvalue weighted by Crippen LogP contribution is -1.93. The Balaban J connectivity index is 2.15. The van der Waals surface area contributed by atoms with Crippen LogP contribution < -0.4 is 0 Å². The zero-order valence-corrected chi connectivity index (χ0v) is 16.1. The van der Waals surface area contributed by atoms with Crippen molar-refractivity contribution in [1.29, 1.82) is 0 Å². The number of Topliss-reactive ketones (excluding diaryl/α,β-unsaturated/α-hetero) is 1. The Hall–Kier alpha value is -1.98. The van der Waals surface area contributed by atoms with Gasteiger partial charge in [0.2, 0.25) is 0 Å². The summed E-state index contributed by atoms with van der Waals surface area (Å²) in [7, 11) is 0. The van der Waals surface area contributed by atoms with Crippen molar-refractivity contribution in [3.8, 4) is 16.9 Å². The summed E-state index contributed by atoms with van der Waals surface area (Å²) in [6, 6.07) is 17.8. The van der Waals surface area contributed by atoms with E-state index in [4.69, 9.17) is 5.10 Å². The van der Waals surface area contributed by atoms with Crippen LogP contribution in [0.25, 0.3) is 23.0 Å². The molecule has 5 heteroatoms. The predicted molar refractivity (Wildman–Crippen MR) is 104 cm³/mol. The number of benzene rings is 2. The van der Waals surface area contributed by atoms with E-state index < -0.39 is 0 Å². The van der Waals surface area contributed by atoms with Gasteiger partial charge in [0.15, 0.2) is 5.78 Å². The van der Waals surface area contributed by atoms with Crippen LogP contribution in [0.1, 0.15) is 12.5 Å². The fraction of sp³-hybridized carbons (Fsp3) is 0.0526. The van der Waals surface area contributed by atoms with Crippen LogP contribution in [0.15, 0.2) is 69.7 Å². The Bertz CT molecular complexity index is 897. The normalized spacial score (nSPS) is 11.5. The topological polar surface area (TPSA) is 34.9 Å². The van der Waals surface area contributed by atoms with E-state index in [9.17, 15) is 4.79 Å². The summed E-state index contributed by atoms with van der Waals surface area (Å²) < 4.78 is 3.35. The molecule has 3 aromatic rings. The lowest BCUT2D eigenvalue weighted by atomic mass is 10.1. The maximum absolute atomic E-state index is 11.6. The molecule has 0 fully saturated rings. The maximum Gasteiger partial charge on any atom is 0.166 e. The fourth-order valence-corrected chi connectivity index (χ4v) is 2.79. The molecule has 0 aliphatic carbocycles. The quantitative estimate of drug-likeness (QED) is 0.488. The van der Waals surface area contributed by atoms with Crippen molar-refractivity contribution in [2.45, 2.75) is 6.92 Å². The molecule has 0 saturated carbocycles. The molecule has 0 unspecified atom stereocenters. The molecule has 0 bridgehead atoms. The van der Waals surface area contributed by atoms with E-state index in [0.29, 0.717) is 4.48 Å². The van der Waals surface area contributed by atoms with Crippen LogP contribution in [0.2, 0.25) is 0 Å². The minimum Gasteiger partial charge on any atom is -0.294 e. The molecule has 0 amide bonds. The maximum atomic E-state index is 11.6. The molecular weight excluding hydrogens is 432 g/mol. The van der Waals surface area contributed by atoms with Crippen molar-refractivity contribution in [1.82, 2.24) is 9.78 Å². The average molecular weight is 446 g/mol. The highest BCUT2D eigenvalue weighted by Crippen LogP contribution is 2.28. The SMILES string of the molecule is CC(=O)/C(Br)=C/c1cn(-c2ccccc2)nc1-c1ccc(Br)cc1. The number of nitrogens with zero attached hydrogens (tertiary/aromatic N) is 2. The number of ketones is 1. The third-order valence-electron chi connectivity index (χ3n) is 3.50. The second-order valence-corrected chi connectivity index (χ2v) is 7.04. The lowest BCUT2D eigenvalue weighted by molar-refractivity contribution is -0.112. The Morgan fingerprint density at radius 2 is 1.75 bits per heavy atom. The van der Waals surface area contributed by atoms with Gasteiger partial charge in [-0.05, 0) is 53.2 Å². The van der Waals surface area contributed by atoms with E-state index in [1.54, 1.807) is 0 Å². The van der Waals surface area contributed by atoms with Crippen LogP contribution >= 0.6 is 31.9 Å². The number of hydrogen-bond donors (Lipinski definition) is 0. The van der Waals surface area contributed by atoms with Crippen LogP contribution in [-0.2, 0) is 4.79 Å². The number of halogens is 2. The minimum absolute atomic E-state index is 0.0239. The first-order chi connectivity index (χ1) is 11.5. The van der Waals surface area contributed by atoms with Crippen LogP contribution in [0.3, 0.4) is 0 Å². The van der Waals surface area contributed by atoms with E-state index >= 15 is 0 Å². The highest BCUT2D eigenvalue weighted by Gasteiger charge is 2.12. The molecule has 1 aromatic heterocycles. The third kappa shape index (κ3) is 3.74. The van der Waals surface area contributed by atoms with Gasteiger partial charge < -0.3 is 0 Å². The molecule has 1 heterocycles. The summed E-state index contributed by atoms with van der Waals surface area (Å²) in [4.78, 5) is 11.6. The molecular formula is C19H14Br2N2O. The first kappa shape index (κ1) is 16.9. The zero-order chi connectivity index (χ0) is 17.1. The van der Waals surface area contributed by atoms with Gasteiger partial charge >= 0.3 is 0 Å². The number of hydrogen-bond acceptors (Lipinski definition) is 2. The minimum atomic E-state index is -0.0239. The summed E-state index contributed by atoms with van der Waals surface area (Å²) in [6.45, 7) is 1.53. The van der Waals surface area contributed by atoms with E-state index in [1.807, 2.05) is 71.6 Å². The van der Waals surface area contributed by atoms with Crippen LogP contribution in [0.4, 0.5) is 0 Å². The first-order valence-corrected chi connectivity index (χ1v) is 8.92. The second kappa shape index (κ2) is 7.28. The molecule has 0 N–H and O–H groups in total. The van der Waals surface area contributed by atoms with E-state index in [0.717, 1.165) is 27.0 Å². The van der Waals surface area contributed by atoms with Gasteiger partial charge in [-0.3, -0.25) is 4.79 Å². The summed E-state index contributed by atoms with van der Waals surface area (Å²) in [5, 5.41) is 4.72. The lowest BCUT2D eigenvalue weighted by Gasteiger charge is -2.01. The summed E-state index contributed by atoms with van der Waals surface area (Å²) >= 11 is 6.78. The Morgan fingerprint density at radius 3 is 2.38 bits per heavy atom. The number of aromatic nitrogens is 2. The number of allylic oxidation sites excluding steroid dienone is 1. The smallest absolute Gasteiger partial charge is 0.166 e. The summed E-state index contributed by atoms with van der Waals surface area (Å²) in [6.07, 6.45) is 3.74. The van der Waals surface area contributed by atoms with Crippen LogP contribution in [-0.4, -0.2) is 15.6 Å². The number of carbonyl (C=O) groups excluding carboxylic acids is 1. The molecule has 0 aliphatic heterocycles. The molecule has 120 valence electrons. The fourth-order valence-electron chi connectivity index (χ4n) is 2.28. The highest BCUT2D eigenvalue weighted by atomic mass is 79.9. The Kier molecular flexibility index (Phi) is 5.11. The first-order valence-electron chi connectivity index (χ1n) is 7.34. The Morgan fingerprint density at radius 1 is 1.08 bits per heavy atom. The van der Waals surface area contributed by atoms with Crippen LogP contribution in [0.5, 0.6) is 0 Å². The van der Waals surface area contributed by atoms with Crippen molar-refractivity contribution >= 4 is 43.7 Å². The van der Waals surface area contributed by atoms with Crippen molar-refractivity contribution in [3.63, 3.8) is 0 Å². The highest BCUT2D eigenvalue weighted by molar-refractivity contribution is 9.12. The van der Waals surface area contributed by atoms with Gasteiger partial charge in [0.1, 0.15) is 0 Å². The molecule has 3 rings (SSSR count). The van der Waals surface area contributed by atoms with Crippen molar-refractivity contribution in [2.75, 3.05) is 0 Å². The molecule has 2 aromatic carbocycles. The number of carbonyl (C=O) groups is 1. The summed E-state index contributed by atoms with van der Waals surface area (Å²) in [5.41, 5.74) is 3.66. The largest absolute Gasteiger partial charge is 0.294 e. The number of para-hydroxylation sites is 1. The van der Waals surface area contributed by atoms with Gasteiger partial charge in [0.25, 0.3) is 0 Å². The molecule has 0 radical (unpaired) electrons. The standard InChI is InChI=1S/C19H14Br2N2O/c1-13(24)18(21)11-15-12-23(17-5-3-2-4-6-17)22-19(15)14-7-9-16(20)10-8-14/h2-12H,1H3/b18-11-. The van der Waals surface area contributed by atoms with Gasteiger partial charge in [-0.15, -0.1) is 0 Å². The third-order valence-corrected chi connectivity index (χ3v) is 4.82. The summed E-state index contributed by atoms with van der Waals surface area (Å²) in [5.74, 6) is -0.0239. The van der Waals surface area contributed by atoms with E-state index in [2.05, 4.69) is 31.9 Å². The van der Waals surface area contributed by atoms with Crippen molar-refractivity contribution in [2.24, 2.45) is 0 Å². The van der Waals surface area contributed by atoms with Gasteiger partial charge in [-0.2, -0.15) is 5.10 Å². The average Bonchev–Trinajstić information content (AvgIpc) is 3.00. The predicted octanol–water partition coefficient (Wildman–Crippen LogP) is 5.63. The van der Waals surface area contributed by atoms with E-state index in [-0.39, 0.29) is 5.78 Å². The molecule has 0 saturated heterocycles. The van der Waals surface area contributed by atoms with Crippen LogP contribution in [0, 0.1) is 0 Å². The molecule has 24 heavy (non-hydrogen) atoms. The van der Waals surface area contributed by atoms with Gasteiger partial charge in [0.05, 0.1) is 15.9 Å². The zero-order valence-electron chi connectivity index (χ0n) is 12.9. The van der Waals surface area contributed by atoms with Crippen molar-refractivity contribution in [3.05, 3.63) is 75.3 Å². The van der Waals surface area contributed by atoms with Gasteiger partial charge in [-0.25, -0.2) is 4.68 Å². The van der Waals surface area contributed by atoms with E-state index in [1.165, 1.54) is 6.92 Å². The monoisotopic (exact) mass is 444 g/mol. The second-order valence-electron chi connectivity index (χ2n) is 5.27.